The number of pyridine rings is 2. The first-order chi connectivity index (χ1) is 9.33. The number of hydrogen-bond donors (Lipinski definition) is 0. The molecule has 3 aromatic heterocycles. The lowest BCUT2D eigenvalue weighted by molar-refractivity contribution is 1.17. The average molecular weight is 269 g/mol. The van der Waals surface area contributed by atoms with Crippen molar-refractivity contribution in [3.05, 3.63) is 60.3 Å². The zero-order chi connectivity index (χ0) is 13.1. The van der Waals surface area contributed by atoms with Crippen molar-refractivity contribution in [3.63, 3.8) is 0 Å². The van der Waals surface area contributed by atoms with Gasteiger partial charge in [0.25, 0.3) is 0 Å². The minimum absolute atomic E-state index is 0.618. The standard InChI is InChI=1S/C14H9ClN4/c15-11-2-4-12(19-8-11)10-1-3-13(18-7-10)14-9-16-5-6-17-14/h1-9H. The first-order valence-corrected chi connectivity index (χ1v) is 6.05. The lowest BCUT2D eigenvalue weighted by atomic mass is 10.1. The molecule has 0 aliphatic heterocycles. The summed E-state index contributed by atoms with van der Waals surface area (Å²) in [5.74, 6) is 0. The first-order valence-electron chi connectivity index (χ1n) is 5.67. The van der Waals surface area contributed by atoms with Crippen LogP contribution in [0.4, 0.5) is 0 Å². The van der Waals surface area contributed by atoms with Crippen LogP contribution >= 0.6 is 11.6 Å². The number of halogens is 1. The summed E-state index contributed by atoms with van der Waals surface area (Å²) in [5.41, 5.74) is 3.30. The Balaban J connectivity index is 1.93. The molecule has 4 nitrogen and oxygen atoms in total. The van der Waals surface area contributed by atoms with Crippen molar-refractivity contribution in [2.24, 2.45) is 0 Å². The normalized spacial score (nSPS) is 10.4. The lowest BCUT2D eigenvalue weighted by Crippen LogP contribution is -1.89. The van der Waals surface area contributed by atoms with E-state index in [1.165, 1.54) is 0 Å². The van der Waals surface area contributed by atoms with Crippen LogP contribution in [0.1, 0.15) is 0 Å². The van der Waals surface area contributed by atoms with Crippen molar-refractivity contribution >= 4 is 11.6 Å². The highest BCUT2D eigenvalue weighted by atomic mass is 35.5. The fraction of sp³-hybridized carbons (Fsp3) is 0. The maximum Gasteiger partial charge on any atom is 0.107 e. The zero-order valence-corrected chi connectivity index (χ0v) is 10.6. The van der Waals surface area contributed by atoms with Crippen molar-refractivity contribution < 1.29 is 0 Å². The number of rotatable bonds is 2. The first kappa shape index (κ1) is 11.7. The summed E-state index contributed by atoms with van der Waals surface area (Å²) in [7, 11) is 0. The van der Waals surface area contributed by atoms with Crippen LogP contribution in [0.5, 0.6) is 0 Å². The average Bonchev–Trinajstić information content (AvgIpc) is 2.49. The Labute approximate surface area is 115 Å². The van der Waals surface area contributed by atoms with Crippen LogP contribution in [0, 0.1) is 0 Å². The van der Waals surface area contributed by atoms with Gasteiger partial charge in [-0.15, -0.1) is 0 Å². The lowest BCUT2D eigenvalue weighted by Gasteiger charge is -2.02. The molecule has 0 aliphatic carbocycles. The van der Waals surface area contributed by atoms with E-state index in [0.717, 1.165) is 22.6 Å². The molecule has 19 heavy (non-hydrogen) atoms. The number of nitrogens with zero attached hydrogens (tertiary/aromatic N) is 4. The van der Waals surface area contributed by atoms with Crippen molar-refractivity contribution in [2.75, 3.05) is 0 Å². The molecule has 0 unspecified atom stereocenters. The third-order valence-corrected chi connectivity index (χ3v) is 2.84. The van der Waals surface area contributed by atoms with Gasteiger partial charge in [0.2, 0.25) is 0 Å². The highest BCUT2D eigenvalue weighted by molar-refractivity contribution is 6.30. The Morgan fingerprint density at radius 3 is 2.16 bits per heavy atom. The second-order valence-electron chi connectivity index (χ2n) is 3.88. The molecule has 0 radical (unpaired) electrons. The molecular formula is C14H9ClN4. The van der Waals surface area contributed by atoms with Crippen LogP contribution in [0.25, 0.3) is 22.6 Å². The van der Waals surface area contributed by atoms with Gasteiger partial charge in [0, 0.05) is 30.4 Å². The van der Waals surface area contributed by atoms with E-state index in [1.54, 1.807) is 37.1 Å². The summed E-state index contributed by atoms with van der Waals surface area (Å²) in [6, 6.07) is 7.52. The molecule has 5 heteroatoms. The van der Waals surface area contributed by atoms with Crippen LogP contribution in [0.3, 0.4) is 0 Å². The molecular weight excluding hydrogens is 260 g/mol. The third kappa shape index (κ3) is 2.58. The van der Waals surface area contributed by atoms with Gasteiger partial charge in [0.05, 0.1) is 22.6 Å². The number of aromatic nitrogens is 4. The molecule has 0 atom stereocenters. The summed E-state index contributed by atoms with van der Waals surface area (Å²) in [4.78, 5) is 16.9. The van der Waals surface area contributed by atoms with Crippen LogP contribution in [0.15, 0.2) is 55.2 Å². The van der Waals surface area contributed by atoms with Crippen molar-refractivity contribution in [2.45, 2.75) is 0 Å². The molecule has 0 saturated carbocycles. The van der Waals surface area contributed by atoms with Gasteiger partial charge in [-0.25, -0.2) is 0 Å². The smallest absolute Gasteiger partial charge is 0.107 e. The Morgan fingerprint density at radius 2 is 1.53 bits per heavy atom. The van der Waals surface area contributed by atoms with E-state index in [0.29, 0.717) is 5.02 Å². The third-order valence-electron chi connectivity index (χ3n) is 2.61. The fourth-order valence-electron chi connectivity index (χ4n) is 1.67. The minimum atomic E-state index is 0.618. The minimum Gasteiger partial charge on any atom is -0.261 e. The maximum atomic E-state index is 5.81. The monoisotopic (exact) mass is 268 g/mol. The van der Waals surface area contributed by atoms with Crippen LogP contribution < -0.4 is 0 Å². The molecule has 0 spiro atoms. The van der Waals surface area contributed by atoms with Crippen molar-refractivity contribution in [3.8, 4) is 22.6 Å². The Bertz CT molecular complexity index is 666. The molecule has 3 heterocycles. The SMILES string of the molecule is Clc1ccc(-c2ccc(-c3cnccn3)nc2)nc1. The largest absolute Gasteiger partial charge is 0.261 e. The Hall–Kier alpha value is -2.33. The molecule has 0 aromatic carbocycles. The van der Waals surface area contributed by atoms with E-state index in [1.807, 2.05) is 18.2 Å². The number of hydrogen-bond acceptors (Lipinski definition) is 4. The molecule has 0 bridgehead atoms. The van der Waals surface area contributed by atoms with Crippen LogP contribution in [-0.4, -0.2) is 19.9 Å². The van der Waals surface area contributed by atoms with E-state index in [-0.39, 0.29) is 0 Å². The summed E-state index contributed by atoms with van der Waals surface area (Å²) in [5, 5.41) is 0.618. The Kier molecular flexibility index (Phi) is 3.16. The second kappa shape index (κ2) is 5.12. The van der Waals surface area contributed by atoms with Crippen LogP contribution in [-0.2, 0) is 0 Å². The van der Waals surface area contributed by atoms with E-state index in [4.69, 9.17) is 11.6 Å². The highest BCUT2D eigenvalue weighted by Gasteiger charge is 2.03. The highest BCUT2D eigenvalue weighted by Crippen LogP contribution is 2.20. The van der Waals surface area contributed by atoms with E-state index in [2.05, 4.69) is 19.9 Å². The van der Waals surface area contributed by atoms with Gasteiger partial charge < -0.3 is 0 Å². The van der Waals surface area contributed by atoms with Gasteiger partial charge in [0.1, 0.15) is 5.69 Å². The summed E-state index contributed by atoms with van der Waals surface area (Å²) < 4.78 is 0. The fourth-order valence-corrected chi connectivity index (χ4v) is 1.79. The summed E-state index contributed by atoms with van der Waals surface area (Å²) in [6.45, 7) is 0. The van der Waals surface area contributed by atoms with Gasteiger partial charge >= 0.3 is 0 Å². The van der Waals surface area contributed by atoms with Crippen molar-refractivity contribution in [1.29, 1.82) is 0 Å². The van der Waals surface area contributed by atoms with Gasteiger partial charge in [-0.05, 0) is 24.3 Å². The molecule has 0 amide bonds. The second-order valence-corrected chi connectivity index (χ2v) is 4.32. The molecule has 3 rings (SSSR count). The zero-order valence-electron chi connectivity index (χ0n) is 9.86. The van der Waals surface area contributed by atoms with E-state index < -0.39 is 0 Å². The van der Waals surface area contributed by atoms with E-state index >= 15 is 0 Å². The molecule has 0 N–H and O–H groups in total. The van der Waals surface area contributed by atoms with Gasteiger partial charge in [0.15, 0.2) is 0 Å². The van der Waals surface area contributed by atoms with Gasteiger partial charge in [-0.1, -0.05) is 11.6 Å². The summed E-state index contributed by atoms with van der Waals surface area (Å²) >= 11 is 5.81. The Morgan fingerprint density at radius 1 is 0.684 bits per heavy atom. The molecule has 92 valence electrons. The predicted molar refractivity (Wildman–Crippen MR) is 73.5 cm³/mol. The van der Waals surface area contributed by atoms with Gasteiger partial charge in [-0.2, -0.15) is 0 Å². The quantitative estimate of drug-likeness (QED) is 0.716. The van der Waals surface area contributed by atoms with Crippen LogP contribution in [0.2, 0.25) is 5.02 Å². The van der Waals surface area contributed by atoms with Gasteiger partial charge in [-0.3, -0.25) is 19.9 Å². The predicted octanol–water partition coefficient (Wildman–Crippen LogP) is 3.25. The van der Waals surface area contributed by atoms with E-state index in [9.17, 15) is 0 Å². The maximum absolute atomic E-state index is 5.81. The molecule has 0 aliphatic rings. The molecule has 0 fully saturated rings. The molecule has 0 saturated heterocycles. The topological polar surface area (TPSA) is 51.6 Å². The van der Waals surface area contributed by atoms with Crippen molar-refractivity contribution in [1.82, 2.24) is 19.9 Å². The summed E-state index contributed by atoms with van der Waals surface area (Å²) in [6.07, 6.45) is 8.34. The molecule has 3 aromatic rings.